The van der Waals surface area contributed by atoms with Gasteiger partial charge < -0.3 is 15.2 Å². The number of nitrogen functional groups attached to an aromatic ring is 1. The number of likely N-dealkylation sites (tertiary alicyclic amines) is 1. The number of anilines is 1. The fraction of sp³-hybridized carbons (Fsp3) is 0.529. The first-order valence-electron chi connectivity index (χ1n) is 8.29. The van der Waals surface area contributed by atoms with Crippen LogP contribution in [0.1, 0.15) is 35.6 Å². The maximum Gasteiger partial charge on any atom is 0.227 e. The Labute approximate surface area is 141 Å². The maximum absolute atomic E-state index is 12.6. The Balaban J connectivity index is 1.63. The first-order valence-corrected chi connectivity index (χ1v) is 8.29. The summed E-state index contributed by atoms with van der Waals surface area (Å²) in [6.45, 7) is 5.25. The zero-order valence-electron chi connectivity index (χ0n) is 14.2. The summed E-state index contributed by atoms with van der Waals surface area (Å²) in [5, 5.41) is 3.92. The molecule has 0 unspecified atom stereocenters. The minimum absolute atomic E-state index is 0.126. The van der Waals surface area contributed by atoms with Crippen molar-refractivity contribution in [1.29, 1.82) is 0 Å². The predicted octanol–water partition coefficient (Wildman–Crippen LogP) is 1.69. The van der Waals surface area contributed by atoms with Crippen LogP contribution in [0.25, 0.3) is 0 Å². The Morgan fingerprint density at radius 2 is 2.17 bits per heavy atom. The van der Waals surface area contributed by atoms with Crippen molar-refractivity contribution in [2.24, 2.45) is 5.92 Å². The molecule has 3 heterocycles. The van der Waals surface area contributed by atoms with Gasteiger partial charge in [-0.25, -0.2) is 4.98 Å². The molecule has 7 heteroatoms. The van der Waals surface area contributed by atoms with Crippen LogP contribution in [-0.4, -0.2) is 39.0 Å². The topological polar surface area (TPSA) is 98.1 Å². The van der Waals surface area contributed by atoms with Crippen molar-refractivity contribution in [3.8, 4) is 0 Å². The zero-order chi connectivity index (χ0) is 17.1. The van der Waals surface area contributed by atoms with Crippen molar-refractivity contribution in [3.05, 3.63) is 35.1 Å². The Morgan fingerprint density at radius 1 is 1.38 bits per heavy atom. The quantitative estimate of drug-likeness (QED) is 0.916. The van der Waals surface area contributed by atoms with Gasteiger partial charge in [0.15, 0.2) is 0 Å². The summed E-state index contributed by atoms with van der Waals surface area (Å²) in [4.78, 5) is 23.0. The molecule has 2 aromatic heterocycles. The van der Waals surface area contributed by atoms with Crippen molar-refractivity contribution in [2.45, 2.75) is 39.5 Å². The second-order valence-corrected chi connectivity index (χ2v) is 6.42. The molecule has 24 heavy (non-hydrogen) atoms. The van der Waals surface area contributed by atoms with Gasteiger partial charge in [0.05, 0.1) is 17.8 Å². The van der Waals surface area contributed by atoms with Gasteiger partial charge in [-0.3, -0.25) is 9.78 Å². The molecule has 7 nitrogen and oxygen atoms in total. The molecule has 0 radical (unpaired) electrons. The molecule has 0 spiro atoms. The molecule has 2 aromatic rings. The molecule has 128 valence electrons. The van der Waals surface area contributed by atoms with Crippen molar-refractivity contribution in [1.82, 2.24) is 20.0 Å². The lowest BCUT2D eigenvalue weighted by Gasteiger charge is -2.33. The summed E-state index contributed by atoms with van der Waals surface area (Å²) >= 11 is 0. The van der Waals surface area contributed by atoms with Gasteiger partial charge in [-0.1, -0.05) is 5.16 Å². The fourth-order valence-electron chi connectivity index (χ4n) is 3.28. The van der Waals surface area contributed by atoms with Crippen LogP contribution in [0.3, 0.4) is 0 Å². The number of carbonyl (C=O) groups excluding carboxylic acids is 1. The highest BCUT2D eigenvalue weighted by Gasteiger charge is 2.26. The largest absolute Gasteiger partial charge is 0.382 e. The smallest absolute Gasteiger partial charge is 0.227 e. The zero-order valence-corrected chi connectivity index (χ0v) is 14.2. The van der Waals surface area contributed by atoms with Gasteiger partial charge in [0, 0.05) is 31.0 Å². The summed E-state index contributed by atoms with van der Waals surface area (Å²) in [5.41, 5.74) is 8.40. The third-order valence-electron chi connectivity index (χ3n) is 4.67. The van der Waals surface area contributed by atoms with Crippen LogP contribution in [0.5, 0.6) is 0 Å². The molecular formula is C17H23N5O2. The molecule has 1 saturated heterocycles. The number of aryl methyl sites for hydroxylation is 2. The van der Waals surface area contributed by atoms with Gasteiger partial charge in [-0.05, 0) is 39.0 Å². The van der Waals surface area contributed by atoms with E-state index in [2.05, 4.69) is 15.1 Å². The van der Waals surface area contributed by atoms with Crippen LogP contribution in [0.2, 0.25) is 0 Å². The second-order valence-electron chi connectivity index (χ2n) is 6.42. The number of aromatic nitrogens is 3. The number of hydrogen-bond acceptors (Lipinski definition) is 6. The van der Waals surface area contributed by atoms with Crippen LogP contribution in [-0.2, 0) is 17.6 Å². The molecular weight excluding hydrogens is 306 g/mol. The molecule has 0 aromatic carbocycles. The molecule has 1 aliphatic rings. The number of piperidine rings is 1. The fourth-order valence-corrected chi connectivity index (χ4v) is 3.28. The summed E-state index contributed by atoms with van der Waals surface area (Å²) in [7, 11) is 0. The van der Waals surface area contributed by atoms with Gasteiger partial charge in [0.25, 0.3) is 0 Å². The van der Waals surface area contributed by atoms with E-state index in [0.717, 1.165) is 55.1 Å². The summed E-state index contributed by atoms with van der Waals surface area (Å²) in [6, 6.07) is 0. The van der Waals surface area contributed by atoms with Gasteiger partial charge in [-0.2, -0.15) is 0 Å². The third-order valence-corrected chi connectivity index (χ3v) is 4.67. The van der Waals surface area contributed by atoms with Crippen LogP contribution >= 0.6 is 0 Å². The van der Waals surface area contributed by atoms with Crippen LogP contribution in [0.15, 0.2) is 16.9 Å². The molecule has 0 bridgehead atoms. The highest BCUT2D eigenvalue weighted by atomic mass is 16.5. The first kappa shape index (κ1) is 16.4. The van der Waals surface area contributed by atoms with Crippen molar-refractivity contribution in [3.63, 3.8) is 0 Å². The molecule has 0 saturated carbocycles. The molecule has 1 fully saturated rings. The standard InChI is InChI=1S/C17H23N5O2/c1-11-14(12(2)24-21-11)9-16(23)22-7-3-4-13(10-22)8-15-17(18)20-6-5-19-15/h5-6,13H,3-4,7-10H2,1-2H3,(H2,18,20)/t13-/m0/s1. The lowest BCUT2D eigenvalue weighted by atomic mass is 9.92. The Morgan fingerprint density at radius 3 is 2.88 bits per heavy atom. The van der Waals surface area contributed by atoms with Crippen LogP contribution < -0.4 is 5.73 Å². The van der Waals surface area contributed by atoms with Gasteiger partial charge in [-0.15, -0.1) is 0 Å². The summed E-state index contributed by atoms with van der Waals surface area (Å²) in [6.07, 6.45) is 6.44. The number of nitrogens with two attached hydrogens (primary N) is 1. The molecule has 3 rings (SSSR count). The first-order chi connectivity index (χ1) is 11.5. The van der Waals surface area contributed by atoms with Crippen LogP contribution in [0.4, 0.5) is 5.82 Å². The molecule has 1 aliphatic heterocycles. The molecule has 0 aliphatic carbocycles. The Bertz CT molecular complexity index is 708. The van der Waals surface area contributed by atoms with Gasteiger partial charge in [0.1, 0.15) is 11.6 Å². The predicted molar refractivity (Wildman–Crippen MR) is 89.1 cm³/mol. The van der Waals surface area contributed by atoms with E-state index >= 15 is 0 Å². The van der Waals surface area contributed by atoms with E-state index in [1.54, 1.807) is 12.4 Å². The SMILES string of the molecule is Cc1noc(C)c1CC(=O)N1CCC[C@@H](Cc2nccnc2N)C1. The minimum Gasteiger partial charge on any atom is -0.382 e. The number of rotatable bonds is 4. The van der Waals surface area contributed by atoms with E-state index < -0.39 is 0 Å². The van der Waals surface area contributed by atoms with E-state index in [1.807, 2.05) is 18.7 Å². The van der Waals surface area contributed by atoms with Crippen molar-refractivity contribution < 1.29 is 9.32 Å². The normalized spacial score (nSPS) is 17.9. The van der Waals surface area contributed by atoms with E-state index in [4.69, 9.17) is 10.3 Å². The highest BCUT2D eigenvalue weighted by Crippen LogP contribution is 2.23. The highest BCUT2D eigenvalue weighted by molar-refractivity contribution is 5.79. The second kappa shape index (κ2) is 6.98. The third kappa shape index (κ3) is 3.55. The average Bonchev–Trinajstić information content (AvgIpc) is 2.89. The Hall–Kier alpha value is -2.44. The Kier molecular flexibility index (Phi) is 4.78. The molecule has 2 N–H and O–H groups in total. The number of nitrogens with zero attached hydrogens (tertiary/aromatic N) is 4. The summed E-state index contributed by atoms with van der Waals surface area (Å²) in [5.74, 6) is 1.70. The monoisotopic (exact) mass is 329 g/mol. The minimum atomic E-state index is 0.126. The summed E-state index contributed by atoms with van der Waals surface area (Å²) < 4.78 is 5.15. The molecule has 1 atom stereocenters. The van der Waals surface area contributed by atoms with E-state index in [1.165, 1.54) is 0 Å². The lowest BCUT2D eigenvalue weighted by Crippen LogP contribution is -2.41. The van der Waals surface area contributed by atoms with Crippen molar-refractivity contribution >= 4 is 11.7 Å². The number of carbonyl (C=O) groups is 1. The van der Waals surface area contributed by atoms with Crippen LogP contribution in [0, 0.1) is 19.8 Å². The lowest BCUT2D eigenvalue weighted by molar-refractivity contribution is -0.132. The van der Waals surface area contributed by atoms with Crippen molar-refractivity contribution in [2.75, 3.05) is 18.8 Å². The van der Waals surface area contributed by atoms with E-state index in [9.17, 15) is 4.79 Å². The number of amides is 1. The van der Waals surface area contributed by atoms with Gasteiger partial charge >= 0.3 is 0 Å². The molecule has 1 amide bonds. The van der Waals surface area contributed by atoms with Gasteiger partial charge in [0.2, 0.25) is 5.91 Å². The maximum atomic E-state index is 12.6. The van der Waals surface area contributed by atoms with E-state index in [-0.39, 0.29) is 5.91 Å². The van der Waals surface area contributed by atoms with E-state index in [0.29, 0.717) is 18.2 Å². The average molecular weight is 329 g/mol. The number of hydrogen-bond donors (Lipinski definition) is 1.